The van der Waals surface area contributed by atoms with Gasteiger partial charge < -0.3 is 20.5 Å². The van der Waals surface area contributed by atoms with Crippen molar-refractivity contribution in [2.45, 2.75) is 37.8 Å². The molecule has 0 spiro atoms. The number of ether oxygens (including phenoxy) is 1. The Balaban J connectivity index is 1.48. The molecule has 3 fully saturated rings. The number of methoxy groups -OCH3 is 1. The first-order valence-electron chi connectivity index (χ1n) is 8.99. The number of nitrogen functional groups attached to an aromatic ring is 1. The van der Waals surface area contributed by atoms with Gasteiger partial charge in [0.05, 0.1) is 13.2 Å². The molecule has 7 nitrogen and oxygen atoms in total. The molecule has 7 heteroatoms. The van der Waals surface area contributed by atoms with Crippen molar-refractivity contribution in [2.24, 2.45) is 11.8 Å². The lowest BCUT2D eigenvalue weighted by Crippen LogP contribution is -2.48. The molecule has 132 valence electrons. The van der Waals surface area contributed by atoms with Crippen molar-refractivity contribution in [3.8, 4) is 5.88 Å². The molecule has 0 bridgehead atoms. The normalized spacial score (nSPS) is 33.7. The minimum Gasteiger partial charge on any atom is -0.481 e. The third-order valence-corrected chi connectivity index (χ3v) is 5.96. The Morgan fingerprint density at radius 3 is 2.58 bits per heavy atom. The van der Waals surface area contributed by atoms with E-state index in [1.54, 1.807) is 7.11 Å². The third kappa shape index (κ3) is 2.91. The average molecular weight is 333 g/mol. The molecule has 1 aromatic heterocycles. The minimum absolute atomic E-state index is 0.200. The van der Waals surface area contributed by atoms with Crippen molar-refractivity contribution in [1.82, 2.24) is 14.9 Å². The third-order valence-electron chi connectivity index (χ3n) is 5.96. The number of nitrogens with zero attached hydrogens (tertiary/aromatic N) is 4. The Labute approximate surface area is 142 Å². The van der Waals surface area contributed by atoms with Crippen molar-refractivity contribution in [3.05, 3.63) is 6.07 Å². The number of aromatic nitrogens is 2. The van der Waals surface area contributed by atoms with E-state index in [1.165, 1.54) is 12.8 Å². The van der Waals surface area contributed by atoms with Gasteiger partial charge in [0, 0.05) is 25.2 Å². The van der Waals surface area contributed by atoms with Crippen LogP contribution in [0.25, 0.3) is 0 Å². The summed E-state index contributed by atoms with van der Waals surface area (Å²) in [5.74, 6) is 2.72. The predicted molar refractivity (Wildman–Crippen MR) is 92.0 cm³/mol. The van der Waals surface area contributed by atoms with Crippen LogP contribution in [0.1, 0.15) is 25.7 Å². The molecule has 4 atom stereocenters. The van der Waals surface area contributed by atoms with E-state index in [0.29, 0.717) is 23.8 Å². The molecule has 3 heterocycles. The number of hydrogen-bond donors (Lipinski definition) is 2. The molecule has 0 unspecified atom stereocenters. The lowest BCUT2D eigenvalue weighted by Gasteiger charge is -2.40. The molecule has 0 aromatic carbocycles. The zero-order chi connectivity index (χ0) is 16.7. The maximum Gasteiger partial charge on any atom is 0.225 e. The highest BCUT2D eigenvalue weighted by Gasteiger charge is 2.44. The maximum absolute atomic E-state index is 10.6. The summed E-state index contributed by atoms with van der Waals surface area (Å²) in [7, 11) is 1.59. The second-order valence-electron chi connectivity index (χ2n) is 7.40. The van der Waals surface area contributed by atoms with Gasteiger partial charge in [-0.05, 0) is 50.6 Å². The van der Waals surface area contributed by atoms with Crippen LogP contribution in [0, 0.1) is 11.8 Å². The average Bonchev–Trinajstić information content (AvgIpc) is 3.22. The Morgan fingerprint density at radius 1 is 1.17 bits per heavy atom. The highest BCUT2D eigenvalue weighted by Crippen LogP contribution is 2.40. The largest absolute Gasteiger partial charge is 0.481 e. The lowest BCUT2D eigenvalue weighted by atomic mass is 9.77. The van der Waals surface area contributed by atoms with Crippen LogP contribution in [-0.2, 0) is 0 Å². The van der Waals surface area contributed by atoms with Gasteiger partial charge in [0.2, 0.25) is 11.8 Å². The summed E-state index contributed by atoms with van der Waals surface area (Å²) in [6, 6.07) is 2.18. The highest BCUT2D eigenvalue weighted by molar-refractivity contribution is 5.46. The van der Waals surface area contributed by atoms with Gasteiger partial charge in [0.15, 0.2) is 0 Å². The number of nitrogens with two attached hydrogens (primary N) is 1. The van der Waals surface area contributed by atoms with Crippen LogP contribution in [0.3, 0.4) is 0 Å². The van der Waals surface area contributed by atoms with Crippen LogP contribution < -0.4 is 15.4 Å². The van der Waals surface area contributed by atoms with Crippen LogP contribution in [0.4, 0.5) is 11.8 Å². The van der Waals surface area contributed by atoms with Gasteiger partial charge in [0.25, 0.3) is 0 Å². The van der Waals surface area contributed by atoms with E-state index in [1.807, 2.05) is 6.07 Å². The lowest BCUT2D eigenvalue weighted by molar-refractivity contribution is -0.000854. The fourth-order valence-corrected chi connectivity index (χ4v) is 4.76. The Hall–Kier alpha value is -1.60. The molecule has 1 saturated carbocycles. The molecule has 3 aliphatic rings. The number of anilines is 2. The Morgan fingerprint density at radius 2 is 1.88 bits per heavy atom. The molecule has 1 aromatic rings. The zero-order valence-corrected chi connectivity index (χ0v) is 14.3. The molecule has 2 aliphatic heterocycles. The number of likely N-dealkylation sites (tertiary alicyclic amines) is 1. The Bertz CT molecular complexity index is 592. The maximum atomic E-state index is 10.6. The topological polar surface area (TPSA) is 87.7 Å². The van der Waals surface area contributed by atoms with Crippen LogP contribution in [0.5, 0.6) is 5.88 Å². The van der Waals surface area contributed by atoms with Crippen molar-refractivity contribution in [2.75, 3.05) is 43.9 Å². The van der Waals surface area contributed by atoms with Gasteiger partial charge in [-0.2, -0.15) is 9.97 Å². The first-order valence-corrected chi connectivity index (χ1v) is 8.99. The van der Waals surface area contributed by atoms with Crippen molar-refractivity contribution in [3.63, 3.8) is 0 Å². The summed E-state index contributed by atoms with van der Waals surface area (Å²) in [4.78, 5) is 13.2. The summed E-state index contributed by atoms with van der Waals surface area (Å²) in [5, 5.41) is 10.6. The standard InChI is InChI=1S/C17H27N5O2/c1-24-16-8-15(19-17(18)20-16)22-9-11-6-13(21-4-2-3-5-21)14(23)7-12(11)10-22/h8,11-14,23H,2-7,9-10H2,1H3,(H2,18,19,20)/t11-,12+,13-,14-/m1/s1. The molecule has 2 saturated heterocycles. The molecular formula is C17H27N5O2. The summed E-state index contributed by atoms with van der Waals surface area (Å²) in [6.07, 6.45) is 4.31. The van der Waals surface area contributed by atoms with Crippen LogP contribution in [0.2, 0.25) is 0 Å². The number of fused-ring (bicyclic) bond motifs is 1. The van der Waals surface area contributed by atoms with Crippen molar-refractivity contribution < 1.29 is 9.84 Å². The molecule has 0 radical (unpaired) electrons. The summed E-state index contributed by atoms with van der Waals surface area (Å²) >= 11 is 0. The smallest absolute Gasteiger partial charge is 0.225 e. The van der Waals surface area contributed by atoms with Crippen LogP contribution in [0.15, 0.2) is 6.07 Å². The van der Waals surface area contributed by atoms with E-state index in [4.69, 9.17) is 10.5 Å². The first kappa shape index (κ1) is 15.9. The first-order chi connectivity index (χ1) is 11.6. The van der Waals surface area contributed by atoms with E-state index in [-0.39, 0.29) is 12.1 Å². The van der Waals surface area contributed by atoms with Crippen molar-refractivity contribution in [1.29, 1.82) is 0 Å². The predicted octanol–water partition coefficient (Wildman–Crippen LogP) is 0.739. The van der Waals surface area contributed by atoms with E-state index in [2.05, 4.69) is 19.8 Å². The molecule has 0 amide bonds. The quantitative estimate of drug-likeness (QED) is 0.843. The van der Waals surface area contributed by atoms with Crippen LogP contribution in [-0.4, -0.2) is 65.4 Å². The summed E-state index contributed by atoms with van der Waals surface area (Å²) in [5.41, 5.74) is 5.80. The molecular weight excluding hydrogens is 306 g/mol. The monoisotopic (exact) mass is 333 g/mol. The molecule has 24 heavy (non-hydrogen) atoms. The van der Waals surface area contributed by atoms with E-state index < -0.39 is 0 Å². The second-order valence-corrected chi connectivity index (χ2v) is 7.40. The summed E-state index contributed by atoms with van der Waals surface area (Å²) in [6.45, 7) is 4.18. The molecule has 3 N–H and O–H groups in total. The van der Waals surface area contributed by atoms with Gasteiger partial charge >= 0.3 is 0 Å². The SMILES string of the molecule is COc1cc(N2C[C@H]3C[C@@H](N4CCCC4)[C@H](O)C[C@H]3C2)nc(N)n1. The fourth-order valence-electron chi connectivity index (χ4n) is 4.76. The van der Waals surface area contributed by atoms with Crippen molar-refractivity contribution >= 4 is 11.8 Å². The van der Waals surface area contributed by atoms with Gasteiger partial charge in [-0.3, -0.25) is 4.90 Å². The zero-order valence-electron chi connectivity index (χ0n) is 14.3. The second kappa shape index (κ2) is 6.37. The number of hydrogen-bond acceptors (Lipinski definition) is 7. The van der Waals surface area contributed by atoms with E-state index >= 15 is 0 Å². The number of rotatable bonds is 3. The number of aliphatic hydroxyl groups is 1. The van der Waals surface area contributed by atoms with Gasteiger partial charge in [-0.15, -0.1) is 0 Å². The molecule has 1 aliphatic carbocycles. The van der Waals surface area contributed by atoms with E-state index in [9.17, 15) is 5.11 Å². The van der Waals surface area contributed by atoms with E-state index in [0.717, 1.165) is 44.8 Å². The molecule has 4 rings (SSSR count). The minimum atomic E-state index is -0.200. The highest BCUT2D eigenvalue weighted by atomic mass is 16.5. The summed E-state index contributed by atoms with van der Waals surface area (Å²) < 4.78 is 5.21. The van der Waals surface area contributed by atoms with Gasteiger partial charge in [-0.25, -0.2) is 0 Å². The van der Waals surface area contributed by atoms with Crippen LogP contribution >= 0.6 is 0 Å². The number of aliphatic hydroxyl groups excluding tert-OH is 1. The van der Waals surface area contributed by atoms with Gasteiger partial charge in [0.1, 0.15) is 5.82 Å². The Kier molecular flexibility index (Phi) is 4.22. The van der Waals surface area contributed by atoms with Gasteiger partial charge in [-0.1, -0.05) is 0 Å². The fraction of sp³-hybridized carbons (Fsp3) is 0.765.